The van der Waals surface area contributed by atoms with Crippen LogP contribution in [0.2, 0.25) is 0 Å². The molecule has 0 N–H and O–H groups in total. The molecule has 1 saturated heterocycles. The average Bonchev–Trinajstić information content (AvgIpc) is 2.32. The highest BCUT2D eigenvalue weighted by molar-refractivity contribution is 5.94. The number of nitrogens with zero attached hydrogens (tertiary/aromatic N) is 1. The summed E-state index contributed by atoms with van der Waals surface area (Å²) in [7, 11) is 0. The monoisotopic (exact) mass is 219 g/mol. The minimum Gasteiger partial charge on any atom is -0.375 e. The van der Waals surface area contributed by atoms with E-state index in [1.807, 2.05) is 49.1 Å². The molecule has 0 bridgehead atoms. The molecule has 1 aliphatic heterocycles. The molecule has 1 aromatic carbocycles. The molecule has 2 rings (SSSR count). The lowest BCUT2D eigenvalue weighted by Gasteiger charge is -2.36. The van der Waals surface area contributed by atoms with Gasteiger partial charge in [0.2, 0.25) is 0 Å². The van der Waals surface area contributed by atoms with Crippen LogP contribution in [0.15, 0.2) is 30.3 Å². The molecule has 2 unspecified atom stereocenters. The summed E-state index contributed by atoms with van der Waals surface area (Å²) in [5.41, 5.74) is 0.753. The first kappa shape index (κ1) is 11.1. The van der Waals surface area contributed by atoms with Gasteiger partial charge in [0.1, 0.15) is 0 Å². The molecule has 86 valence electrons. The molecule has 1 fully saturated rings. The van der Waals surface area contributed by atoms with Crippen LogP contribution in [0.1, 0.15) is 24.2 Å². The number of rotatable bonds is 1. The van der Waals surface area contributed by atoms with Crippen molar-refractivity contribution in [3.8, 4) is 0 Å². The molecule has 0 saturated carbocycles. The van der Waals surface area contributed by atoms with Crippen molar-refractivity contribution in [3.63, 3.8) is 0 Å². The second-order valence-electron chi connectivity index (χ2n) is 4.32. The van der Waals surface area contributed by atoms with E-state index in [1.54, 1.807) is 0 Å². The average molecular weight is 219 g/mol. The molecular weight excluding hydrogens is 202 g/mol. The van der Waals surface area contributed by atoms with Crippen LogP contribution < -0.4 is 0 Å². The maximum absolute atomic E-state index is 12.2. The van der Waals surface area contributed by atoms with Gasteiger partial charge in [-0.15, -0.1) is 0 Å². The van der Waals surface area contributed by atoms with Crippen molar-refractivity contribution in [2.24, 2.45) is 0 Å². The van der Waals surface area contributed by atoms with E-state index >= 15 is 0 Å². The number of morpholine rings is 1. The highest BCUT2D eigenvalue weighted by Crippen LogP contribution is 2.15. The van der Waals surface area contributed by atoms with Gasteiger partial charge in [-0.05, 0) is 26.0 Å². The Labute approximate surface area is 96.0 Å². The number of carbonyl (C=O) groups is 1. The fourth-order valence-electron chi connectivity index (χ4n) is 1.93. The third-order valence-corrected chi connectivity index (χ3v) is 2.89. The molecule has 1 aromatic rings. The van der Waals surface area contributed by atoms with Crippen LogP contribution in [0.5, 0.6) is 0 Å². The smallest absolute Gasteiger partial charge is 0.254 e. The van der Waals surface area contributed by atoms with Crippen molar-refractivity contribution < 1.29 is 9.53 Å². The van der Waals surface area contributed by atoms with Crippen LogP contribution >= 0.6 is 0 Å². The lowest BCUT2D eigenvalue weighted by Crippen LogP contribution is -2.50. The summed E-state index contributed by atoms with van der Waals surface area (Å²) >= 11 is 0. The van der Waals surface area contributed by atoms with Crippen molar-refractivity contribution in [1.29, 1.82) is 0 Å². The van der Waals surface area contributed by atoms with Gasteiger partial charge in [0.05, 0.1) is 18.8 Å². The van der Waals surface area contributed by atoms with E-state index in [0.717, 1.165) is 5.56 Å². The zero-order chi connectivity index (χ0) is 11.5. The van der Waals surface area contributed by atoms with Crippen molar-refractivity contribution in [2.45, 2.75) is 26.0 Å². The minimum absolute atomic E-state index is 0.100. The van der Waals surface area contributed by atoms with Gasteiger partial charge in [0.25, 0.3) is 5.91 Å². The van der Waals surface area contributed by atoms with Crippen LogP contribution in [0, 0.1) is 0 Å². The van der Waals surface area contributed by atoms with Gasteiger partial charge in [-0.25, -0.2) is 0 Å². The highest BCUT2D eigenvalue weighted by atomic mass is 16.5. The molecule has 0 radical (unpaired) electrons. The molecule has 0 spiro atoms. The van der Waals surface area contributed by atoms with E-state index in [1.165, 1.54) is 0 Å². The molecule has 1 amide bonds. The Hall–Kier alpha value is -1.35. The molecule has 1 heterocycles. The zero-order valence-electron chi connectivity index (χ0n) is 9.72. The standard InChI is InChI=1S/C13H17NO2/c1-10-9-16-11(2)8-14(10)13(15)12-6-4-3-5-7-12/h3-7,10-11H,8-9H2,1-2H3. The Kier molecular flexibility index (Phi) is 3.25. The van der Waals surface area contributed by atoms with Crippen LogP contribution in [0.3, 0.4) is 0 Å². The molecule has 0 aromatic heterocycles. The number of hydrogen-bond acceptors (Lipinski definition) is 2. The largest absolute Gasteiger partial charge is 0.375 e. The summed E-state index contributed by atoms with van der Waals surface area (Å²) in [6, 6.07) is 9.57. The van der Waals surface area contributed by atoms with Crippen LogP contribution in [-0.2, 0) is 4.74 Å². The summed E-state index contributed by atoms with van der Waals surface area (Å²) in [4.78, 5) is 14.1. The SMILES string of the molecule is CC1CN(C(=O)c2ccccc2)C(C)CO1. The van der Waals surface area contributed by atoms with Crippen molar-refractivity contribution in [3.05, 3.63) is 35.9 Å². The van der Waals surface area contributed by atoms with E-state index in [-0.39, 0.29) is 18.1 Å². The quantitative estimate of drug-likeness (QED) is 0.722. The number of hydrogen-bond donors (Lipinski definition) is 0. The number of ether oxygens (including phenoxy) is 1. The lowest BCUT2D eigenvalue weighted by atomic mass is 10.1. The first-order valence-corrected chi connectivity index (χ1v) is 5.66. The number of carbonyl (C=O) groups excluding carboxylic acids is 1. The number of benzene rings is 1. The molecule has 16 heavy (non-hydrogen) atoms. The Balaban J connectivity index is 2.15. The van der Waals surface area contributed by atoms with Crippen LogP contribution in [-0.4, -0.2) is 36.1 Å². The lowest BCUT2D eigenvalue weighted by molar-refractivity contribution is -0.0387. The molecule has 1 aliphatic rings. The highest BCUT2D eigenvalue weighted by Gasteiger charge is 2.27. The summed E-state index contributed by atoms with van der Waals surface area (Å²) in [6.07, 6.45) is 0.129. The van der Waals surface area contributed by atoms with Gasteiger partial charge >= 0.3 is 0 Å². The molecule has 2 atom stereocenters. The Bertz CT molecular complexity index is 363. The van der Waals surface area contributed by atoms with E-state index in [0.29, 0.717) is 13.2 Å². The molecular formula is C13H17NO2. The maximum atomic E-state index is 12.2. The Morgan fingerprint density at radius 3 is 2.69 bits per heavy atom. The minimum atomic E-state index is 0.100. The van der Waals surface area contributed by atoms with Gasteiger partial charge in [-0.1, -0.05) is 18.2 Å². The first-order valence-electron chi connectivity index (χ1n) is 5.66. The van der Waals surface area contributed by atoms with Crippen molar-refractivity contribution in [1.82, 2.24) is 4.90 Å². The maximum Gasteiger partial charge on any atom is 0.254 e. The fraction of sp³-hybridized carbons (Fsp3) is 0.462. The predicted molar refractivity (Wildman–Crippen MR) is 62.4 cm³/mol. The topological polar surface area (TPSA) is 29.5 Å². The molecule has 3 heteroatoms. The normalized spacial score (nSPS) is 25.5. The van der Waals surface area contributed by atoms with Gasteiger partial charge < -0.3 is 9.64 Å². The van der Waals surface area contributed by atoms with Crippen LogP contribution in [0.25, 0.3) is 0 Å². The van der Waals surface area contributed by atoms with E-state index < -0.39 is 0 Å². The van der Waals surface area contributed by atoms with Gasteiger partial charge in [0.15, 0.2) is 0 Å². The summed E-state index contributed by atoms with van der Waals surface area (Å²) < 4.78 is 5.51. The Morgan fingerprint density at radius 2 is 2.00 bits per heavy atom. The van der Waals surface area contributed by atoms with Gasteiger partial charge in [0, 0.05) is 12.1 Å². The second-order valence-corrected chi connectivity index (χ2v) is 4.32. The Morgan fingerprint density at radius 1 is 1.31 bits per heavy atom. The van der Waals surface area contributed by atoms with Gasteiger partial charge in [-0.2, -0.15) is 0 Å². The molecule has 0 aliphatic carbocycles. The third kappa shape index (κ3) is 2.25. The first-order chi connectivity index (χ1) is 7.68. The third-order valence-electron chi connectivity index (χ3n) is 2.89. The van der Waals surface area contributed by atoms with E-state index in [9.17, 15) is 4.79 Å². The summed E-state index contributed by atoms with van der Waals surface area (Å²) in [6.45, 7) is 5.32. The van der Waals surface area contributed by atoms with E-state index in [4.69, 9.17) is 4.74 Å². The van der Waals surface area contributed by atoms with E-state index in [2.05, 4.69) is 0 Å². The fourth-order valence-corrected chi connectivity index (χ4v) is 1.93. The zero-order valence-corrected chi connectivity index (χ0v) is 9.72. The number of amides is 1. The summed E-state index contributed by atoms with van der Waals surface area (Å²) in [5, 5.41) is 0. The van der Waals surface area contributed by atoms with Crippen molar-refractivity contribution >= 4 is 5.91 Å². The van der Waals surface area contributed by atoms with Crippen LogP contribution in [0.4, 0.5) is 0 Å². The van der Waals surface area contributed by atoms with Gasteiger partial charge in [-0.3, -0.25) is 4.79 Å². The predicted octanol–water partition coefficient (Wildman–Crippen LogP) is 1.94. The van der Waals surface area contributed by atoms with Crippen molar-refractivity contribution in [2.75, 3.05) is 13.2 Å². The summed E-state index contributed by atoms with van der Waals surface area (Å²) in [5.74, 6) is 0.100. The molecule has 3 nitrogen and oxygen atoms in total. The second kappa shape index (κ2) is 4.66.